The van der Waals surface area contributed by atoms with Gasteiger partial charge in [-0.05, 0) is 57.7 Å². The number of ether oxygens (including phenoxy) is 2. The Kier molecular flexibility index (Phi) is 7.15. The van der Waals surface area contributed by atoms with Gasteiger partial charge in [-0.2, -0.15) is 0 Å². The molecule has 0 aromatic carbocycles. The van der Waals surface area contributed by atoms with Crippen LogP contribution in [0.15, 0.2) is 23.6 Å². The van der Waals surface area contributed by atoms with Gasteiger partial charge in [-0.25, -0.2) is 9.59 Å². The van der Waals surface area contributed by atoms with Crippen LogP contribution in [0, 0.1) is 6.92 Å². The molecule has 1 N–H and O–H groups in total. The number of esters is 2. The summed E-state index contributed by atoms with van der Waals surface area (Å²) in [5.41, 5.74) is -0.0781. The summed E-state index contributed by atoms with van der Waals surface area (Å²) >= 11 is 2.50. The van der Waals surface area contributed by atoms with Crippen molar-refractivity contribution in [2.45, 2.75) is 40.2 Å². The van der Waals surface area contributed by atoms with Crippen LogP contribution in [-0.2, 0) is 14.3 Å². The highest BCUT2D eigenvalue weighted by Crippen LogP contribution is 2.35. The number of amides is 1. The van der Waals surface area contributed by atoms with Gasteiger partial charge in [-0.15, -0.1) is 22.7 Å². The Hall–Kier alpha value is -2.45. The van der Waals surface area contributed by atoms with E-state index >= 15 is 0 Å². The van der Waals surface area contributed by atoms with Gasteiger partial charge in [0.1, 0.15) is 15.5 Å². The van der Waals surface area contributed by atoms with Crippen molar-refractivity contribution < 1.29 is 23.9 Å². The van der Waals surface area contributed by atoms with Crippen molar-refractivity contribution in [1.29, 1.82) is 0 Å². The van der Waals surface area contributed by atoms with Gasteiger partial charge in [0, 0.05) is 11.0 Å². The normalized spacial score (nSPS) is 11.5. The number of carbonyl (C=O) groups excluding carboxylic acids is 3. The summed E-state index contributed by atoms with van der Waals surface area (Å²) < 4.78 is 10.5. The molecule has 28 heavy (non-hydrogen) atoms. The van der Waals surface area contributed by atoms with Crippen LogP contribution in [0.5, 0.6) is 0 Å². The predicted molar refractivity (Wildman–Crippen MR) is 112 cm³/mol. The first-order valence-electron chi connectivity index (χ1n) is 8.68. The summed E-state index contributed by atoms with van der Waals surface area (Å²) in [5, 5.41) is 4.85. The lowest BCUT2D eigenvalue weighted by molar-refractivity contribution is -0.111. The van der Waals surface area contributed by atoms with Gasteiger partial charge in [0.25, 0.3) is 0 Å². The number of thiophene rings is 2. The van der Waals surface area contributed by atoms with Gasteiger partial charge in [0.2, 0.25) is 5.91 Å². The largest absolute Gasteiger partial charge is 0.462 e. The fraction of sp³-hybridized carbons (Fsp3) is 0.350. The van der Waals surface area contributed by atoms with Gasteiger partial charge >= 0.3 is 11.9 Å². The van der Waals surface area contributed by atoms with E-state index in [0.29, 0.717) is 5.56 Å². The first-order valence-corrected chi connectivity index (χ1v) is 10.4. The van der Waals surface area contributed by atoms with E-state index in [1.807, 2.05) is 17.5 Å². The molecule has 0 saturated heterocycles. The average molecular weight is 422 g/mol. The Bertz CT molecular complexity index is 889. The molecule has 0 spiro atoms. The molecule has 0 bridgehead atoms. The van der Waals surface area contributed by atoms with Crippen LogP contribution in [0.2, 0.25) is 0 Å². The summed E-state index contributed by atoms with van der Waals surface area (Å²) in [6, 6.07) is 3.77. The van der Waals surface area contributed by atoms with Gasteiger partial charge in [-0.1, -0.05) is 6.07 Å². The highest BCUT2D eigenvalue weighted by molar-refractivity contribution is 7.18. The van der Waals surface area contributed by atoms with E-state index in [1.165, 1.54) is 17.4 Å². The molecular weight excluding hydrogens is 398 g/mol. The molecule has 2 aromatic heterocycles. The second-order valence-electron chi connectivity index (χ2n) is 6.82. The molecule has 0 atom stereocenters. The summed E-state index contributed by atoms with van der Waals surface area (Å²) in [5.74, 6) is -1.55. The standard InChI is InChI=1S/C20H23NO5S2/c1-6-25-18(23)15-12(2)16(19(24)26-20(3,4)5)28-17(15)21-14(22)10-9-13-8-7-11-27-13/h7-11H,6H2,1-5H3,(H,21,22)/b10-9+. The van der Waals surface area contributed by atoms with Crippen LogP contribution in [0.4, 0.5) is 5.00 Å². The number of nitrogens with one attached hydrogen (secondary N) is 1. The molecule has 150 valence electrons. The molecule has 0 unspecified atom stereocenters. The fourth-order valence-electron chi connectivity index (χ4n) is 2.27. The maximum absolute atomic E-state index is 12.5. The van der Waals surface area contributed by atoms with Crippen molar-refractivity contribution in [3.05, 3.63) is 44.5 Å². The number of carbonyl (C=O) groups is 3. The molecule has 0 fully saturated rings. The van der Waals surface area contributed by atoms with E-state index in [9.17, 15) is 14.4 Å². The van der Waals surface area contributed by atoms with E-state index in [2.05, 4.69) is 5.32 Å². The maximum Gasteiger partial charge on any atom is 0.349 e. The second-order valence-corrected chi connectivity index (χ2v) is 8.82. The third-order valence-corrected chi connectivity index (χ3v) is 5.41. The number of anilines is 1. The first kappa shape index (κ1) is 21.8. The second kappa shape index (κ2) is 9.16. The van der Waals surface area contributed by atoms with Crippen molar-refractivity contribution in [3.8, 4) is 0 Å². The predicted octanol–water partition coefficient (Wildman–Crippen LogP) is 4.90. The van der Waals surface area contributed by atoms with Crippen molar-refractivity contribution in [3.63, 3.8) is 0 Å². The molecule has 2 heterocycles. The Morgan fingerprint density at radius 1 is 1.21 bits per heavy atom. The smallest absolute Gasteiger partial charge is 0.349 e. The minimum absolute atomic E-state index is 0.172. The molecule has 0 aliphatic rings. The molecule has 6 nitrogen and oxygen atoms in total. The van der Waals surface area contributed by atoms with Crippen molar-refractivity contribution in [2.75, 3.05) is 11.9 Å². The monoisotopic (exact) mass is 421 g/mol. The summed E-state index contributed by atoms with van der Waals surface area (Å²) in [7, 11) is 0. The molecule has 0 radical (unpaired) electrons. The van der Waals surface area contributed by atoms with Crippen LogP contribution < -0.4 is 5.32 Å². The number of hydrogen-bond donors (Lipinski definition) is 1. The zero-order chi connectivity index (χ0) is 20.9. The zero-order valence-electron chi connectivity index (χ0n) is 16.5. The third kappa shape index (κ3) is 5.77. The molecule has 0 aliphatic carbocycles. The zero-order valence-corrected chi connectivity index (χ0v) is 18.1. The molecule has 8 heteroatoms. The molecule has 0 saturated carbocycles. The van der Waals surface area contributed by atoms with Crippen LogP contribution >= 0.6 is 22.7 Å². The lowest BCUT2D eigenvalue weighted by atomic mass is 10.1. The van der Waals surface area contributed by atoms with Crippen LogP contribution in [0.25, 0.3) is 6.08 Å². The van der Waals surface area contributed by atoms with Crippen molar-refractivity contribution >= 4 is 51.6 Å². The highest BCUT2D eigenvalue weighted by Gasteiger charge is 2.29. The van der Waals surface area contributed by atoms with Crippen molar-refractivity contribution in [1.82, 2.24) is 0 Å². The minimum Gasteiger partial charge on any atom is -0.462 e. The fourth-order valence-corrected chi connectivity index (χ4v) is 3.96. The SMILES string of the molecule is CCOC(=O)c1c(NC(=O)/C=C/c2cccs2)sc(C(=O)OC(C)(C)C)c1C. The Labute approximate surface area is 172 Å². The summed E-state index contributed by atoms with van der Waals surface area (Å²) in [4.78, 5) is 38.4. The lowest BCUT2D eigenvalue weighted by Gasteiger charge is -2.19. The van der Waals surface area contributed by atoms with E-state index in [-0.39, 0.29) is 22.0 Å². The number of hydrogen-bond acceptors (Lipinski definition) is 7. The Morgan fingerprint density at radius 2 is 1.93 bits per heavy atom. The summed E-state index contributed by atoms with van der Waals surface area (Å²) in [6.07, 6.45) is 3.06. The Morgan fingerprint density at radius 3 is 2.50 bits per heavy atom. The van der Waals surface area contributed by atoms with E-state index in [1.54, 1.807) is 40.7 Å². The number of rotatable bonds is 6. The molecule has 2 aromatic rings. The van der Waals surface area contributed by atoms with Gasteiger partial charge in [0.15, 0.2) is 0 Å². The van der Waals surface area contributed by atoms with E-state index < -0.39 is 23.4 Å². The molecule has 0 aliphatic heterocycles. The van der Waals surface area contributed by atoms with Gasteiger partial charge in [0.05, 0.1) is 12.2 Å². The lowest BCUT2D eigenvalue weighted by Crippen LogP contribution is -2.23. The van der Waals surface area contributed by atoms with Crippen LogP contribution in [-0.4, -0.2) is 30.1 Å². The molecule has 2 rings (SSSR count). The average Bonchev–Trinajstić information content (AvgIpc) is 3.19. The van der Waals surface area contributed by atoms with Crippen LogP contribution in [0.3, 0.4) is 0 Å². The Balaban J connectivity index is 2.32. The highest BCUT2D eigenvalue weighted by atomic mass is 32.1. The topological polar surface area (TPSA) is 81.7 Å². The molecule has 1 amide bonds. The molecular formula is C20H23NO5S2. The van der Waals surface area contributed by atoms with E-state index in [4.69, 9.17) is 9.47 Å². The van der Waals surface area contributed by atoms with Crippen molar-refractivity contribution in [2.24, 2.45) is 0 Å². The summed E-state index contributed by atoms with van der Waals surface area (Å²) in [6.45, 7) is 8.80. The third-order valence-electron chi connectivity index (χ3n) is 3.39. The maximum atomic E-state index is 12.5. The van der Waals surface area contributed by atoms with Crippen LogP contribution in [0.1, 0.15) is 58.2 Å². The minimum atomic E-state index is -0.676. The van der Waals surface area contributed by atoms with Gasteiger partial charge in [-0.3, -0.25) is 4.79 Å². The van der Waals surface area contributed by atoms with E-state index in [0.717, 1.165) is 16.2 Å². The van der Waals surface area contributed by atoms with Gasteiger partial charge < -0.3 is 14.8 Å². The first-order chi connectivity index (χ1) is 13.1. The quantitative estimate of drug-likeness (QED) is 0.530.